The zero-order chi connectivity index (χ0) is 28.9. The van der Waals surface area contributed by atoms with Gasteiger partial charge in [-0.2, -0.15) is 10.2 Å². The van der Waals surface area contributed by atoms with Crippen LogP contribution in [0.2, 0.25) is 0 Å². The van der Waals surface area contributed by atoms with Crippen LogP contribution < -0.4 is 4.74 Å². The molecule has 0 spiro atoms. The third kappa shape index (κ3) is 5.77. The largest absolute Gasteiger partial charge is 0.573 e. The van der Waals surface area contributed by atoms with Crippen LogP contribution in [-0.2, 0) is 7.05 Å². The van der Waals surface area contributed by atoms with E-state index in [0.29, 0.717) is 35.4 Å². The number of aromatic nitrogens is 5. The van der Waals surface area contributed by atoms with Crippen molar-refractivity contribution in [3.63, 3.8) is 0 Å². The van der Waals surface area contributed by atoms with Gasteiger partial charge in [-0.15, -0.1) is 13.2 Å². The first-order chi connectivity index (χ1) is 18.7. The second-order valence-electron chi connectivity index (χ2n) is 10.1. The Bertz CT molecular complexity index is 1630. The minimum atomic E-state index is -5.03. The molecule has 210 valence electrons. The maximum absolute atomic E-state index is 14.4. The van der Waals surface area contributed by atoms with E-state index in [1.54, 1.807) is 55.0 Å². The summed E-state index contributed by atoms with van der Waals surface area (Å²) >= 11 is 0. The summed E-state index contributed by atoms with van der Waals surface area (Å²) in [6.45, 7) is 3.67. The van der Waals surface area contributed by atoms with Crippen LogP contribution in [0.5, 0.6) is 5.75 Å². The number of piperidine rings is 1. The minimum Gasteiger partial charge on any atom is -0.403 e. The number of halogens is 6. The Balaban J connectivity index is 1.55. The second-order valence-corrected chi connectivity index (χ2v) is 10.1. The van der Waals surface area contributed by atoms with Gasteiger partial charge in [-0.3, -0.25) is 9.58 Å². The van der Waals surface area contributed by atoms with Crippen molar-refractivity contribution >= 4 is 11.0 Å². The van der Waals surface area contributed by atoms with Gasteiger partial charge in [0.2, 0.25) is 0 Å². The number of pyridine rings is 1. The lowest BCUT2D eigenvalue weighted by Gasteiger charge is -2.40. The van der Waals surface area contributed by atoms with E-state index in [1.807, 2.05) is 0 Å². The number of likely N-dealkylation sites (tertiary alicyclic amines) is 1. The van der Waals surface area contributed by atoms with Gasteiger partial charge in [0.1, 0.15) is 11.4 Å². The molecule has 4 aromatic rings. The van der Waals surface area contributed by atoms with Crippen LogP contribution in [0.1, 0.15) is 32.4 Å². The van der Waals surface area contributed by atoms with Crippen LogP contribution >= 0.6 is 0 Å². The smallest absolute Gasteiger partial charge is 0.403 e. The molecule has 0 N–H and O–H groups in total. The highest BCUT2D eigenvalue weighted by Crippen LogP contribution is 2.32. The molecule has 0 bridgehead atoms. The topological polar surface area (TPSA) is 61.0 Å². The Morgan fingerprint density at radius 2 is 1.88 bits per heavy atom. The fourth-order valence-corrected chi connectivity index (χ4v) is 4.55. The predicted octanol–water partition coefficient (Wildman–Crippen LogP) is 5.72. The van der Waals surface area contributed by atoms with Crippen molar-refractivity contribution in [2.45, 2.75) is 44.5 Å². The maximum atomic E-state index is 14.4. The summed E-state index contributed by atoms with van der Waals surface area (Å²) in [5, 5.41) is 9.30. The molecule has 0 radical (unpaired) electrons. The summed E-state index contributed by atoms with van der Waals surface area (Å²) in [6, 6.07) is 6.28. The summed E-state index contributed by atoms with van der Waals surface area (Å²) in [5.74, 6) is 1.19. The fraction of sp³-hybridized carbons (Fsp3) is 0.370. The summed E-state index contributed by atoms with van der Waals surface area (Å²) in [7, 11) is 1.72. The lowest BCUT2D eigenvalue weighted by atomic mass is 9.97. The number of rotatable bonds is 4. The predicted molar refractivity (Wildman–Crippen MR) is 134 cm³/mol. The molecular weight excluding hydrogens is 538 g/mol. The molecule has 4 heterocycles. The first-order valence-electron chi connectivity index (χ1n) is 12.3. The van der Waals surface area contributed by atoms with Crippen molar-refractivity contribution in [2.24, 2.45) is 7.05 Å². The molecule has 40 heavy (non-hydrogen) atoms. The molecule has 1 saturated heterocycles. The van der Waals surface area contributed by atoms with Crippen molar-refractivity contribution in [1.82, 2.24) is 29.4 Å². The van der Waals surface area contributed by atoms with Gasteiger partial charge in [0.05, 0.1) is 35.6 Å². The third-order valence-corrected chi connectivity index (χ3v) is 6.59. The monoisotopic (exact) mass is 562 g/mol. The highest BCUT2D eigenvalue weighted by atomic mass is 19.4. The maximum Gasteiger partial charge on any atom is 0.573 e. The molecule has 3 aromatic heterocycles. The van der Waals surface area contributed by atoms with E-state index in [4.69, 9.17) is 0 Å². The van der Waals surface area contributed by atoms with E-state index >= 15 is 0 Å². The summed E-state index contributed by atoms with van der Waals surface area (Å²) in [4.78, 5) is 6.26. The van der Waals surface area contributed by atoms with Gasteiger partial charge >= 0.3 is 6.36 Å². The summed E-state index contributed by atoms with van der Waals surface area (Å²) in [5.41, 5.74) is 0.862. The average molecular weight is 563 g/mol. The molecular formula is C27H24F6N6O. The molecule has 5 rings (SSSR count). The van der Waals surface area contributed by atoms with Crippen molar-refractivity contribution in [1.29, 1.82) is 0 Å². The van der Waals surface area contributed by atoms with E-state index in [1.165, 1.54) is 10.7 Å². The molecule has 0 saturated carbocycles. The number of benzene rings is 1. The van der Waals surface area contributed by atoms with Gasteiger partial charge in [0, 0.05) is 25.6 Å². The lowest BCUT2D eigenvalue weighted by Crippen LogP contribution is -2.52. The number of ether oxygens (including phenoxy) is 1. The van der Waals surface area contributed by atoms with Crippen LogP contribution in [0.25, 0.3) is 28.0 Å². The van der Waals surface area contributed by atoms with Gasteiger partial charge in [0.25, 0.3) is 5.92 Å². The van der Waals surface area contributed by atoms with E-state index in [9.17, 15) is 26.3 Å². The minimum absolute atomic E-state index is 0.150. The van der Waals surface area contributed by atoms with E-state index in [2.05, 4.69) is 31.8 Å². The molecule has 1 aliphatic heterocycles. The standard InChI is InChI=1S/C27H24F6N6O/c1-25(2,38-12-4-10-26(29,30)16-38)11-9-22-19-6-7-21(17-5-8-23(20(28)13-17)40-27(31,32)33)35-24(19)39(36-22)18-14-34-37(3)15-18/h5-8,13-15H,4,10,12,16H2,1-3H3. The van der Waals surface area contributed by atoms with Crippen molar-refractivity contribution in [2.75, 3.05) is 13.1 Å². The molecule has 0 amide bonds. The number of hydrogen-bond donors (Lipinski definition) is 0. The average Bonchev–Trinajstić information content (AvgIpc) is 3.45. The van der Waals surface area contributed by atoms with Crippen LogP contribution in [0.4, 0.5) is 26.3 Å². The van der Waals surface area contributed by atoms with Gasteiger partial charge in [-0.1, -0.05) is 5.92 Å². The van der Waals surface area contributed by atoms with Crippen molar-refractivity contribution < 1.29 is 31.1 Å². The molecule has 7 nitrogen and oxygen atoms in total. The Kier molecular flexibility index (Phi) is 6.78. The number of aryl methyl sites for hydroxylation is 1. The number of hydrogen-bond acceptors (Lipinski definition) is 5. The quantitative estimate of drug-likeness (QED) is 0.235. The van der Waals surface area contributed by atoms with E-state index < -0.39 is 29.4 Å². The third-order valence-electron chi connectivity index (χ3n) is 6.59. The lowest BCUT2D eigenvalue weighted by molar-refractivity contribution is -0.275. The van der Waals surface area contributed by atoms with Crippen LogP contribution in [0.15, 0.2) is 42.7 Å². The van der Waals surface area contributed by atoms with Gasteiger partial charge in [-0.25, -0.2) is 22.8 Å². The molecule has 1 aromatic carbocycles. The summed E-state index contributed by atoms with van der Waals surface area (Å²) in [6.07, 6.45) is -1.56. The number of fused-ring (bicyclic) bond motifs is 1. The first kappa shape index (κ1) is 27.5. The SMILES string of the molecule is Cn1cc(-n2nc(C#CC(C)(C)N3CCCC(F)(F)C3)c3ccc(-c4ccc(OC(F)(F)F)c(F)c4)nc32)cn1. The van der Waals surface area contributed by atoms with Crippen LogP contribution in [0.3, 0.4) is 0 Å². The highest BCUT2D eigenvalue weighted by Gasteiger charge is 2.40. The molecule has 0 unspecified atom stereocenters. The van der Waals surface area contributed by atoms with Crippen molar-refractivity contribution in [3.05, 3.63) is 54.2 Å². The molecule has 0 atom stereocenters. The van der Waals surface area contributed by atoms with E-state index in [-0.39, 0.29) is 24.2 Å². The number of nitrogens with zero attached hydrogens (tertiary/aromatic N) is 6. The first-order valence-corrected chi connectivity index (χ1v) is 12.3. The van der Waals surface area contributed by atoms with Gasteiger partial charge in [-0.05, 0) is 56.5 Å². The molecule has 13 heteroatoms. The zero-order valence-corrected chi connectivity index (χ0v) is 21.7. The van der Waals surface area contributed by atoms with Crippen LogP contribution in [-0.4, -0.2) is 60.4 Å². The van der Waals surface area contributed by atoms with Crippen molar-refractivity contribution in [3.8, 4) is 34.5 Å². The normalized spacial score (nSPS) is 16.1. The van der Waals surface area contributed by atoms with Gasteiger partial charge < -0.3 is 4.74 Å². The Morgan fingerprint density at radius 1 is 1.10 bits per heavy atom. The molecule has 1 aliphatic rings. The zero-order valence-electron chi connectivity index (χ0n) is 21.7. The van der Waals surface area contributed by atoms with E-state index in [0.717, 1.165) is 12.1 Å². The number of alkyl halides is 5. The Labute approximate surface area is 225 Å². The van der Waals surface area contributed by atoms with Crippen LogP contribution in [0, 0.1) is 17.7 Å². The Morgan fingerprint density at radius 3 is 2.52 bits per heavy atom. The highest BCUT2D eigenvalue weighted by molar-refractivity contribution is 5.85. The Hall–Kier alpha value is -4.05. The fourth-order valence-electron chi connectivity index (χ4n) is 4.55. The second kappa shape index (κ2) is 9.85. The summed E-state index contributed by atoms with van der Waals surface area (Å²) < 4.78 is 86.9. The molecule has 1 fully saturated rings. The van der Waals surface area contributed by atoms with Gasteiger partial charge in [0.15, 0.2) is 17.2 Å². The molecule has 0 aliphatic carbocycles.